The molecule has 2 rings (SSSR count). The molecule has 12 nitrogen and oxygen atoms in total. The van der Waals surface area contributed by atoms with Crippen LogP contribution in [0.3, 0.4) is 0 Å². The third kappa shape index (κ3) is 9.65. The SMILES string of the molecule is C[C@@H](OS(C)(=O)=O)[C@H]1OC(C)(C)O[C@H]1C=O.C[C@@H](OS(C)(=O)=O)[C@H]1OC(C)(C)O[C@H]1CO. The van der Waals surface area contributed by atoms with E-state index in [1.807, 2.05) is 0 Å². The first-order chi connectivity index (χ1) is 14.3. The highest BCUT2D eigenvalue weighted by atomic mass is 32.2. The summed E-state index contributed by atoms with van der Waals surface area (Å²) in [6.07, 6.45) is -1.68. The van der Waals surface area contributed by atoms with Gasteiger partial charge in [0.1, 0.15) is 36.6 Å². The highest BCUT2D eigenvalue weighted by Crippen LogP contribution is 2.31. The zero-order valence-corrected chi connectivity index (χ0v) is 21.1. The normalized spacial score (nSPS) is 31.4. The van der Waals surface area contributed by atoms with Gasteiger partial charge in [-0.05, 0) is 41.5 Å². The van der Waals surface area contributed by atoms with Gasteiger partial charge in [0.2, 0.25) is 0 Å². The van der Waals surface area contributed by atoms with E-state index in [0.717, 1.165) is 12.5 Å². The van der Waals surface area contributed by atoms with Crippen LogP contribution >= 0.6 is 0 Å². The Labute approximate surface area is 189 Å². The Bertz CT molecular complexity index is 836. The third-order valence-corrected chi connectivity index (χ3v) is 5.58. The van der Waals surface area contributed by atoms with Gasteiger partial charge in [0, 0.05) is 0 Å². The summed E-state index contributed by atoms with van der Waals surface area (Å²) in [7, 11) is -7.13. The molecule has 6 atom stereocenters. The van der Waals surface area contributed by atoms with Gasteiger partial charge in [-0.25, -0.2) is 0 Å². The molecule has 0 aliphatic carbocycles. The molecule has 32 heavy (non-hydrogen) atoms. The number of ether oxygens (including phenoxy) is 4. The van der Waals surface area contributed by atoms with Gasteiger partial charge in [0.15, 0.2) is 17.9 Å². The second-order valence-electron chi connectivity index (χ2n) is 8.53. The van der Waals surface area contributed by atoms with E-state index in [-0.39, 0.29) is 6.61 Å². The molecule has 0 amide bonds. The largest absolute Gasteiger partial charge is 0.394 e. The fourth-order valence-electron chi connectivity index (χ4n) is 3.35. The molecule has 0 bridgehead atoms. The van der Waals surface area contributed by atoms with Crippen molar-refractivity contribution in [3.05, 3.63) is 0 Å². The molecular weight excluding hydrogens is 472 g/mol. The topological polar surface area (TPSA) is 161 Å². The summed E-state index contributed by atoms with van der Waals surface area (Å²) in [5, 5.41) is 9.11. The number of aliphatic hydroxyl groups excluding tert-OH is 1. The van der Waals surface area contributed by atoms with Crippen molar-refractivity contribution in [2.45, 2.75) is 89.7 Å². The number of aldehydes is 1. The monoisotopic (exact) mass is 506 g/mol. The van der Waals surface area contributed by atoms with Gasteiger partial charge in [0.25, 0.3) is 20.2 Å². The fraction of sp³-hybridized carbons (Fsp3) is 0.944. The maximum absolute atomic E-state index is 11.0. The molecular formula is C18H34O12S2. The molecule has 2 aliphatic rings. The molecule has 0 unspecified atom stereocenters. The summed E-state index contributed by atoms with van der Waals surface area (Å²) < 4.78 is 75.0. The van der Waals surface area contributed by atoms with E-state index >= 15 is 0 Å². The molecule has 0 aromatic carbocycles. The van der Waals surface area contributed by atoms with E-state index < -0.39 is 68.4 Å². The molecule has 0 aromatic heterocycles. The van der Waals surface area contributed by atoms with Crippen LogP contribution in [-0.4, -0.2) is 95.5 Å². The summed E-state index contributed by atoms with van der Waals surface area (Å²) in [5.74, 6) is -1.75. The lowest BCUT2D eigenvalue weighted by atomic mass is 10.1. The average Bonchev–Trinajstić information content (AvgIpc) is 3.07. The van der Waals surface area contributed by atoms with Gasteiger partial charge in [0.05, 0.1) is 19.1 Å². The zero-order chi connectivity index (χ0) is 25.1. The molecule has 0 radical (unpaired) electrons. The van der Waals surface area contributed by atoms with E-state index in [1.54, 1.807) is 34.6 Å². The van der Waals surface area contributed by atoms with Crippen molar-refractivity contribution in [1.82, 2.24) is 0 Å². The Morgan fingerprint density at radius 2 is 1.25 bits per heavy atom. The first-order valence-corrected chi connectivity index (χ1v) is 13.5. The lowest BCUT2D eigenvalue weighted by Crippen LogP contribution is -2.38. The van der Waals surface area contributed by atoms with Crippen molar-refractivity contribution in [2.24, 2.45) is 0 Å². The molecule has 2 fully saturated rings. The second-order valence-corrected chi connectivity index (χ2v) is 11.7. The van der Waals surface area contributed by atoms with Crippen molar-refractivity contribution in [2.75, 3.05) is 19.1 Å². The molecule has 1 N–H and O–H groups in total. The molecule has 0 spiro atoms. The summed E-state index contributed by atoms with van der Waals surface area (Å²) in [4.78, 5) is 10.8. The average molecular weight is 507 g/mol. The second kappa shape index (κ2) is 10.7. The smallest absolute Gasteiger partial charge is 0.264 e. The van der Waals surface area contributed by atoms with Crippen LogP contribution in [0, 0.1) is 0 Å². The lowest BCUT2D eigenvalue weighted by molar-refractivity contribution is -0.154. The zero-order valence-electron chi connectivity index (χ0n) is 19.5. The van der Waals surface area contributed by atoms with E-state index in [4.69, 9.17) is 32.4 Å². The number of hydrogen-bond donors (Lipinski definition) is 1. The maximum atomic E-state index is 11.0. The van der Waals surface area contributed by atoms with Crippen molar-refractivity contribution >= 4 is 26.5 Å². The lowest BCUT2D eigenvalue weighted by Gasteiger charge is -2.21. The third-order valence-electron chi connectivity index (χ3n) is 4.28. The van der Waals surface area contributed by atoms with Crippen LogP contribution in [0.5, 0.6) is 0 Å². The van der Waals surface area contributed by atoms with Crippen LogP contribution < -0.4 is 0 Å². The molecule has 14 heteroatoms. The Hall–Kier alpha value is -0.710. The van der Waals surface area contributed by atoms with Crippen LogP contribution in [0.4, 0.5) is 0 Å². The maximum Gasteiger partial charge on any atom is 0.264 e. The van der Waals surface area contributed by atoms with Gasteiger partial charge >= 0.3 is 0 Å². The minimum absolute atomic E-state index is 0.244. The van der Waals surface area contributed by atoms with Crippen LogP contribution in [0.1, 0.15) is 41.5 Å². The van der Waals surface area contributed by atoms with Gasteiger partial charge < -0.3 is 28.8 Å². The summed E-state index contributed by atoms with van der Waals surface area (Å²) >= 11 is 0. The van der Waals surface area contributed by atoms with Gasteiger partial charge in [-0.2, -0.15) is 16.8 Å². The van der Waals surface area contributed by atoms with Crippen LogP contribution in [0.2, 0.25) is 0 Å². The molecule has 190 valence electrons. The Balaban J connectivity index is 0.000000320. The molecule has 0 aromatic rings. The van der Waals surface area contributed by atoms with Gasteiger partial charge in [-0.1, -0.05) is 0 Å². The highest BCUT2D eigenvalue weighted by Gasteiger charge is 2.46. The fourth-order valence-corrected chi connectivity index (χ4v) is 4.67. The van der Waals surface area contributed by atoms with E-state index in [1.165, 1.54) is 6.92 Å². The first-order valence-electron chi connectivity index (χ1n) is 9.83. The standard InChI is InChI=1S/C9H18O6S.C9H16O6S/c2*1-6(15-16(4,11)12)8-7(5-10)13-9(2,3)14-8/h6-8,10H,5H2,1-4H3;5-8H,1-4H3/t2*6-,7+,8-/m11/s1. The first kappa shape index (κ1) is 29.3. The molecule has 2 saturated heterocycles. The number of aliphatic hydroxyl groups is 1. The Kier molecular flexibility index (Phi) is 9.80. The minimum Gasteiger partial charge on any atom is -0.394 e. The van der Waals surface area contributed by atoms with Crippen LogP contribution in [0.25, 0.3) is 0 Å². The van der Waals surface area contributed by atoms with Crippen molar-refractivity contribution in [3.63, 3.8) is 0 Å². The number of carbonyl (C=O) groups excluding carboxylic acids is 1. The van der Waals surface area contributed by atoms with Gasteiger partial charge in [-0.15, -0.1) is 0 Å². The predicted molar refractivity (Wildman–Crippen MR) is 112 cm³/mol. The summed E-state index contributed by atoms with van der Waals surface area (Å²) in [6, 6.07) is 0. The van der Waals surface area contributed by atoms with E-state index in [0.29, 0.717) is 6.29 Å². The summed E-state index contributed by atoms with van der Waals surface area (Å²) in [6.45, 7) is 9.54. The van der Waals surface area contributed by atoms with Crippen LogP contribution in [0.15, 0.2) is 0 Å². The Morgan fingerprint density at radius 1 is 0.844 bits per heavy atom. The number of hydrogen-bond acceptors (Lipinski definition) is 12. The quantitative estimate of drug-likeness (QED) is 0.345. The Morgan fingerprint density at radius 3 is 1.66 bits per heavy atom. The summed E-state index contributed by atoms with van der Waals surface area (Å²) in [5.41, 5.74) is 0. The van der Waals surface area contributed by atoms with E-state index in [2.05, 4.69) is 0 Å². The van der Waals surface area contributed by atoms with Gasteiger partial charge in [-0.3, -0.25) is 8.37 Å². The molecule has 2 aliphatic heterocycles. The van der Waals surface area contributed by atoms with Crippen molar-refractivity contribution in [1.29, 1.82) is 0 Å². The molecule has 0 saturated carbocycles. The number of carbonyl (C=O) groups is 1. The minimum atomic E-state index is -3.58. The number of rotatable bonds is 8. The van der Waals surface area contributed by atoms with E-state index in [9.17, 15) is 21.6 Å². The van der Waals surface area contributed by atoms with Crippen LogP contribution in [-0.2, 0) is 52.3 Å². The predicted octanol–water partition coefficient (Wildman–Crippen LogP) is -0.0664. The van der Waals surface area contributed by atoms with Crippen molar-refractivity contribution < 1.29 is 54.1 Å². The molecule has 2 heterocycles. The van der Waals surface area contributed by atoms with Crippen molar-refractivity contribution in [3.8, 4) is 0 Å². The highest BCUT2D eigenvalue weighted by molar-refractivity contribution is 7.86.